The molecule has 5 nitrogen and oxygen atoms in total. The van der Waals surface area contributed by atoms with Gasteiger partial charge in [0.25, 0.3) is 0 Å². The fourth-order valence-corrected chi connectivity index (χ4v) is 7.25. The Morgan fingerprint density at radius 2 is 0.745 bits per heavy atom. The molecule has 51 heavy (non-hydrogen) atoms. The third kappa shape index (κ3) is 37.2. The summed E-state index contributed by atoms with van der Waals surface area (Å²) < 4.78 is 0. The van der Waals surface area contributed by atoms with Gasteiger partial charge in [-0.2, -0.15) is 0 Å². The molecule has 0 saturated heterocycles. The van der Waals surface area contributed by atoms with Crippen LogP contribution in [-0.4, -0.2) is 46.1 Å². The number of rotatable bonds is 42. The Morgan fingerprint density at radius 3 is 1.08 bits per heavy atom. The standard InChI is InChI=1S/C46H91NO4/c1-3-5-7-9-11-13-15-17-18-19-20-21-22-23-24-25-26-27-29-31-33-35-37-39-41-45(50)46(51)47-43(42-48)44(49)40-38-36-34-32-30-28-16-14-12-10-8-6-4-2/h23-24,43-45,48-50H,3-22,25-42H2,1-2H3,(H,47,51)/b24-23-. The van der Waals surface area contributed by atoms with Crippen LogP contribution in [0.4, 0.5) is 0 Å². The van der Waals surface area contributed by atoms with Gasteiger partial charge in [0.2, 0.25) is 5.91 Å². The fourth-order valence-electron chi connectivity index (χ4n) is 7.25. The van der Waals surface area contributed by atoms with Gasteiger partial charge < -0.3 is 20.6 Å². The van der Waals surface area contributed by atoms with Gasteiger partial charge in [0.15, 0.2) is 0 Å². The summed E-state index contributed by atoms with van der Waals surface area (Å²) in [4.78, 5) is 12.5. The van der Waals surface area contributed by atoms with E-state index in [0.717, 1.165) is 32.1 Å². The minimum Gasteiger partial charge on any atom is -0.394 e. The maximum atomic E-state index is 12.5. The first-order valence-electron chi connectivity index (χ1n) is 23.0. The maximum Gasteiger partial charge on any atom is 0.249 e. The van der Waals surface area contributed by atoms with Gasteiger partial charge in [-0.1, -0.05) is 225 Å². The average Bonchev–Trinajstić information content (AvgIpc) is 3.13. The van der Waals surface area contributed by atoms with Crippen LogP contribution < -0.4 is 5.32 Å². The lowest BCUT2D eigenvalue weighted by Crippen LogP contribution is -2.49. The zero-order chi connectivity index (χ0) is 37.3. The van der Waals surface area contributed by atoms with E-state index in [1.165, 1.54) is 193 Å². The van der Waals surface area contributed by atoms with Crippen molar-refractivity contribution in [3.05, 3.63) is 12.2 Å². The SMILES string of the molecule is CCCCCCCCCCCCCC/C=C\CCCCCCCCCCC(O)C(=O)NC(CO)C(O)CCCCCCCCCCCCCCC. The van der Waals surface area contributed by atoms with Crippen LogP contribution in [0.15, 0.2) is 12.2 Å². The van der Waals surface area contributed by atoms with Crippen LogP contribution in [0.1, 0.15) is 251 Å². The molecular formula is C46H91NO4. The Labute approximate surface area is 319 Å². The number of carbonyl (C=O) groups is 1. The molecule has 0 rings (SSSR count). The van der Waals surface area contributed by atoms with Gasteiger partial charge in [-0.05, 0) is 38.5 Å². The molecule has 4 N–H and O–H groups in total. The molecule has 0 spiro atoms. The lowest BCUT2D eigenvalue weighted by molar-refractivity contribution is -0.131. The summed E-state index contributed by atoms with van der Waals surface area (Å²) in [5.74, 6) is -0.471. The second kappa shape index (κ2) is 41.8. The fraction of sp³-hybridized carbons (Fsp3) is 0.935. The van der Waals surface area contributed by atoms with Crippen molar-refractivity contribution >= 4 is 5.91 Å². The van der Waals surface area contributed by atoms with Gasteiger partial charge in [-0.15, -0.1) is 0 Å². The molecule has 0 bridgehead atoms. The predicted molar refractivity (Wildman–Crippen MR) is 222 cm³/mol. The number of hydrogen-bond donors (Lipinski definition) is 4. The molecule has 0 aliphatic carbocycles. The van der Waals surface area contributed by atoms with Crippen LogP contribution in [-0.2, 0) is 4.79 Å². The molecule has 0 saturated carbocycles. The number of nitrogens with one attached hydrogen (secondary N) is 1. The second-order valence-electron chi connectivity index (χ2n) is 16.0. The Bertz CT molecular complexity index is 713. The number of hydrogen-bond acceptors (Lipinski definition) is 4. The van der Waals surface area contributed by atoms with Crippen molar-refractivity contribution in [2.75, 3.05) is 6.61 Å². The van der Waals surface area contributed by atoms with Gasteiger partial charge in [0.05, 0.1) is 18.8 Å². The number of carbonyl (C=O) groups excluding carboxylic acids is 1. The highest BCUT2D eigenvalue weighted by Gasteiger charge is 2.23. The van der Waals surface area contributed by atoms with Crippen molar-refractivity contribution in [1.82, 2.24) is 5.32 Å². The summed E-state index contributed by atoms with van der Waals surface area (Å²) in [7, 11) is 0. The molecule has 0 radical (unpaired) electrons. The van der Waals surface area contributed by atoms with E-state index in [1.807, 2.05) is 0 Å². The highest BCUT2D eigenvalue weighted by Crippen LogP contribution is 2.16. The van der Waals surface area contributed by atoms with Gasteiger partial charge in [0, 0.05) is 0 Å². The lowest BCUT2D eigenvalue weighted by Gasteiger charge is -2.23. The summed E-state index contributed by atoms with van der Waals surface area (Å²) in [6.45, 7) is 4.24. The lowest BCUT2D eigenvalue weighted by atomic mass is 10.0. The first-order valence-corrected chi connectivity index (χ1v) is 23.0. The summed E-state index contributed by atoms with van der Waals surface area (Å²) in [6.07, 6.45) is 49.3. The topological polar surface area (TPSA) is 89.8 Å². The number of unbranched alkanes of at least 4 members (excludes halogenated alkanes) is 32. The quantitative estimate of drug-likeness (QED) is 0.0373. The molecule has 0 aliphatic rings. The Kier molecular flexibility index (Phi) is 41.1. The van der Waals surface area contributed by atoms with Gasteiger partial charge in [-0.25, -0.2) is 0 Å². The Balaban J connectivity index is 3.57. The van der Waals surface area contributed by atoms with Crippen LogP contribution in [0.25, 0.3) is 0 Å². The Morgan fingerprint density at radius 1 is 0.451 bits per heavy atom. The molecule has 1 amide bonds. The average molecular weight is 722 g/mol. The predicted octanol–water partition coefficient (Wildman–Crippen LogP) is 13.2. The third-order valence-electron chi connectivity index (χ3n) is 10.9. The number of allylic oxidation sites excluding steroid dienone is 2. The van der Waals surface area contributed by atoms with Gasteiger partial charge in [-0.3, -0.25) is 4.79 Å². The van der Waals surface area contributed by atoms with E-state index < -0.39 is 24.2 Å². The molecule has 0 heterocycles. The van der Waals surface area contributed by atoms with Gasteiger partial charge in [0.1, 0.15) is 6.10 Å². The van der Waals surface area contributed by atoms with E-state index in [-0.39, 0.29) is 6.61 Å². The molecule has 3 unspecified atom stereocenters. The van der Waals surface area contributed by atoms with E-state index in [1.54, 1.807) is 0 Å². The van der Waals surface area contributed by atoms with Gasteiger partial charge >= 0.3 is 0 Å². The highest BCUT2D eigenvalue weighted by molar-refractivity contribution is 5.80. The van der Waals surface area contributed by atoms with Crippen molar-refractivity contribution in [3.8, 4) is 0 Å². The largest absolute Gasteiger partial charge is 0.394 e. The number of aliphatic hydroxyl groups is 3. The zero-order valence-electron chi connectivity index (χ0n) is 34.5. The summed E-state index contributed by atoms with van der Waals surface area (Å²) in [5.41, 5.74) is 0. The van der Waals surface area contributed by atoms with E-state index in [2.05, 4.69) is 31.3 Å². The first kappa shape index (κ1) is 50.1. The van der Waals surface area contributed by atoms with Crippen molar-refractivity contribution in [2.24, 2.45) is 0 Å². The molecule has 3 atom stereocenters. The molecule has 0 aromatic rings. The molecule has 5 heteroatoms. The van der Waals surface area contributed by atoms with E-state index in [9.17, 15) is 20.1 Å². The van der Waals surface area contributed by atoms with Crippen molar-refractivity contribution in [3.63, 3.8) is 0 Å². The zero-order valence-corrected chi connectivity index (χ0v) is 34.5. The van der Waals surface area contributed by atoms with Crippen LogP contribution in [0.5, 0.6) is 0 Å². The van der Waals surface area contributed by atoms with Crippen LogP contribution in [0, 0.1) is 0 Å². The first-order chi connectivity index (χ1) is 25.1. The van der Waals surface area contributed by atoms with E-state index in [4.69, 9.17) is 0 Å². The summed E-state index contributed by atoms with van der Waals surface area (Å²) in [6, 6.07) is -0.709. The van der Waals surface area contributed by atoms with E-state index in [0.29, 0.717) is 12.8 Å². The maximum absolute atomic E-state index is 12.5. The normalized spacial score (nSPS) is 13.6. The molecule has 0 aromatic heterocycles. The number of amides is 1. The van der Waals surface area contributed by atoms with Crippen LogP contribution in [0.3, 0.4) is 0 Å². The van der Waals surface area contributed by atoms with Crippen molar-refractivity contribution in [1.29, 1.82) is 0 Å². The van der Waals surface area contributed by atoms with Crippen molar-refractivity contribution in [2.45, 2.75) is 270 Å². The van der Waals surface area contributed by atoms with Crippen molar-refractivity contribution < 1.29 is 20.1 Å². The summed E-state index contributed by atoms with van der Waals surface area (Å²) in [5, 5.41) is 33.3. The third-order valence-corrected chi connectivity index (χ3v) is 10.9. The van der Waals surface area contributed by atoms with Crippen LogP contribution in [0.2, 0.25) is 0 Å². The monoisotopic (exact) mass is 722 g/mol. The smallest absolute Gasteiger partial charge is 0.249 e. The number of aliphatic hydroxyl groups excluding tert-OH is 3. The van der Waals surface area contributed by atoms with Crippen LogP contribution >= 0.6 is 0 Å². The summed E-state index contributed by atoms with van der Waals surface area (Å²) >= 11 is 0. The molecule has 0 fully saturated rings. The molecular weight excluding hydrogens is 631 g/mol. The second-order valence-corrected chi connectivity index (χ2v) is 16.0. The minimum atomic E-state index is -1.07. The minimum absolute atomic E-state index is 0.312. The molecule has 0 aromatic carbocycles. The molecule has 304 valence electrons. The van der Waals surface area contributed by atoms with E-state index >= 15 is 0 Å². The molecule has 0 aliphatic heterocycles. The highest BCUT2D eigenvalue weighted by atomic mass is 16.3. The Hall–Kier alpha value is -0.910.